The van der Waals surface area contributed by atoms with Crippen molar-refractivity contribution in [3.63, 3.8) is 0 Å². The molecule has 0 radical (unpaired) electrons. The van der Waals surface area contributed by atoms with E-state index in [1.54, 1.807) is 35.3 Å². The highest BCUT2D eigenvalue weighted by atomic mass is 32.3. The normalized spacial score (nSPS) is 24.4. The van der Waals surface area contributed by atoms with Crippen LogP contribution in [0.25, 0.3) is 0 Å². The first-order valence-electron chi connectivity index (χ1n) is 10.7. The lowest BCUT2D eigenvalue weighted by molar-refractivity contribution is -0.114. The SMILES string of the molecule is CSC1=C(SC)SC(=C2SCC(CS)(SCC(=O)CSC3=C(SC)SC(=C4SC(CS)=C(CS)S4)S3)S2)S1. The number of thioether (sulfide) groups is 13. The van der Waals surface area contributed by atoms with E-state index in [-0.39, 0.29) is 4.08 Å². The van der Waals surface area contributed by atoms with Crippen LogP contribution in [0.3, 0.4) is 0 Å². The number of hydrogen-bond acceptors (Lipinski definition) is 17. The standard InChI is InChI=1S/C21H24OS16/c1-26-13-14(27-2)35-18(34-13)17-30-9-21(8-25,38-17)31-7-10(22)6-29-16-15(28-3)36-20(37-16)19-32-11(4-23)12(5-24)33-19/h23-25H,4-9H2,1-3H3. The van der Waals surface area contributed by atoms with E-state index in [2.05, 4.69) is 44.0 Å². The van der Waals surface area contributed by atoms with E-state index in [9.17, 15) is 4.79 Å². The van der Waals surface area contributed by atoms with Crippen molar-refractivity contribution < 1.29 is 4.79 Å². The lowest BCUT2D eigenvalue weighted by Gasteiger charge is -2.23. The number of carbonyl (C=O) groups is 1. The molecule has 4 aliphatic heterocycles. The van der Waals surface area contributed by atoms with Gasteiger partial charge in [-0.3, -0.25) is 4.79 Å². The summed E-state index contributed by atoms with van der Waals surface area (Å²) < 4.78 is 10.8. The molecule has 1 atom stereocenters. The lowest BCUT2D eigenvalue weighted by atomic mass is 10.5. The first-order valence-corrected chi connectivity index (χ1v) is 24.9. The minimum absolute atomic E-state index is 0.0439. The Balaban J connectivity index is 1.29. The molecular weight excluding hydrogens is 781 g/mol. The number of thiol groups is 3. The number of carbonyl (C=O) groups excluding carboxylic acids is 1. The Morgan fingerprint density at radius 2 is 1.24 bits per heavy atom. The topological polar surface area (TPSA) is 17.1 Å². The number of ketones is 1. The average Bonchev–Trinajstić information content (AvgIpc) is 3.73. The zero-order valence-electron chi connectivity index (χ0n) is 20.3. The Labute approximate surface area is 298 Å². The molecule has 4 heterocycles. The van der Waals surface area contributed by atoms with Crippen LogP contribution in [0.5, 0.6) is 0 Å². The second-order valence-corrected chi connectivity index (χ2v) is 24.0. The van der Waals surface area contributed by atoms with Crippen molar-refractivity contribution in [3.8, 4) is 0 Å². The first-order chi connectivity index (χ1) is 18.4. The van der Waals surface area contributed by atoms with Crippen LogP contribution in [-0.4, -0.2) is 63.1 Å². The number of Topliss-reactive ketones (excluding diaryl/α,β-unsaturated/α-hetero) is 1. The molecule has 0 aromatic heterocycles. The molecule has 1 saturated heterocycles. The minimum atomic E-state index is -0.0439. The third-order valence-corrected chi connectivity index (χ3v) is 26.2. The lowest BCUT2D eigenvalue weighted by Crippen LogP contribution is -2.24. The zero-order chi connectivity index (χ0) is 27.3. The fourth-order valence-electron chi connectivity index (χ4n) is 2.96. The number of hydrogen-bond donors (Lipinski definition) is 3. The summed E-state index contributed by atoms with van der Waals surface area (Å²) in [4.78, 5) is 15.6. The zero-order valence-corrected chi connectivity index (χ0v) is 33.6. The van der Waals surface area contributed by atoms with Crippen LogP contribution in [0.4, 0.5) is 0 Å². The predicted octanol–water partition coefficient (Wildman–Crippen LogP) is 11.2. The van der Waals surface area contributed by atoms with Gasteiger partial charge in [0.15, 0.2) is 5.78 Å². The van der Waals surface area contributed by atoms with Crippen LogP contribution in [0.1, 0.15) is 0 Å². The molecule has 0 saturated carbocycles. The van der Waals surface area contributed by atoms with Gasteiger partial charge in [-0.1, -0.05) is 82.3 Å². The molecule has 210 valence electrons. The smallest absolute Gasteiger partial charge is 0.153 e. The molecule has 0 amide bonds. The molecule has 38 heavy (non-hydrogen) atoms. The molecule has 0 N–H and O–H groups in total. The largest absolute Gasteiger partial charge is 0.298 e. The van der Waals surface area contributed by atoms with E-state index in [1.807, 2.05) is 118 Å². The maximum atomic E-state index is 13.0. The highest BCUT2D eigenvalue weighted by Crippen LogP contribution is 2.65. The van der Waals surface area contributed by atoms with Gasteiger partial charge in [-0.2, -0.15) is 37.9 Å². The number of rotatable bonds is 12. The van der Waals surface area contributed by atoms with Gasteiger partial charge in [-0.05, 0) is 18.8 Å². The average molecular weight is 805 g/mol. The minimum Gasteiger partial charge on any atom is -0.298 e. The van der Waals surface area contributed by atoms with E-state index in [0.29, 0.717) is 17.3 Å². The monoisotopic (exact) mass is 804 g/mol. The van der Waals surface area contributed by atoms with Crippen molar-refractivity contribution in [3.05, 3.63) is 43.7 Å². The van der Waals surface area contributed by atoms with Gasteiger partial charge in [-0.25, -0.2) is 0 Å². The van der Waals surface area contributed by atoms with Gasteiger partial charge in [0.2, 0.25) is 0 Å². The van der Waals surface area contributed by atoms with E-state index >= 15 is 0 Å². The highest BCUT2D eigenvalue weighted by molar-refractivity contribution is 8.43. The maximum Gasteiger partial charge on any atom is 0.153 e. The van der Waals surface area contributed by atoms with Crippen molar-refractivity contribution in [1.29, 1.82) is 0 Å². The first kappa shape index (κ1) is 34.8. The van der Waals surface area contributed by atoms with Crippen molar-refractivity contribution >= 4 is 197 Å². The molecule has 0 aliphatic carbocycles. The molecule has 0 aromatic carbocycles. The van der Waals surface area contributed by atoms with Crippen LogP contribution in [-0.2, 0) is 4.79 Å². The van der Waals surface area contributed by atoms with Gasteiger partial charge in [0, 0.05) is 32.8 Å². The van der Waals surface area contributed by atoms with E-state index in [0.717, 1.165) is 23.0 Å². The molecule has 1 nitrogen and oxygen atoms in total. The van der Waals surface area contributed by atoms with Gasteiger partial charge in [0.1, 0.15) is 0 Å². The van der Waals surface area contributed by atoms with Crippen LogP contribution < -0.4 is 0 Å². The van der Waals surface area contributed by atoms with Crippen LogP contribution in [0, 0.1) is 0 Å². The van der Waals surface area contributed by atoms with E-state index in [4.69, 9.17) is 12.6 Å². The summed E-state index contributed by atoms with van der Waals surface area (Å²) in [5.41, 5.74) is 0. The Bertz CT molecular complexity index is 1070. The van der Waals surface area contributed by atoms with Gasteiger partial charge in [0.05, 0.1) is 49.5 Å². The summed E-state index contributed by atoms with van der Waals surface area (Å²) >= 11 is 37.6. The van der Waals surface area contributed by atoms with E-state index in [1.165, 1.54) is 43.7 Å². The molecule has 4 aliphatic rings. The van der Waals surface area contributed by atoms with Crippen LogP contribution in [0.2, 0.25) is 0 Å². The van der Waals surface area contributed by atoms with Crippen molar-refractivity contribution in [2.75, 3.05) is 53.3 Å². The molecule has 0 spiro atoms. The van der Waals surface area contributed by atoms with Crippen molar-refractivity contribution in [2.45, 2.75) is 4.08 Å². The van der Waals surface area contributed by atoms with Crippen molar-refractivity contribution in [1.82, 2.24) is 0 Å². The highest BCUT2D eigenvalue weighted by Gasteiger charge is 2.41. The quantitative estimate of drug-likeness (QED) is 0.163. The fraction of sp³-hybridized carbons (Fsp3) is 0.476. The Morgan fingerprint density at radius 3 is 1.76 bits per heavy atom. The van der Waals surface area contributed by atoms with Crippen molar-refractivity contribution in [2.24, 2.45) is 0 Å². The van der Waals surface area contributed by atoms with Gasteiger partial charge in [0.25, 0.3) is 0 Å². The maximum absolute atomic E-state index is 13.0. The molecule has 0 bridgehead atoms. The summed E-state index contributed by atoms with van der Waals surface area (Å²) in [5.74, 6) is 4.62. The summed E-state index contributed by atoms with van der Waals surface area (Å²) in [6, 6.07) is 0. The van der Waals surface area contributed by atoms with Crippen LogP contribution >= 0.6 is 191 Å². The third-order valence-electron chi connectivity index (χ3n) is 4.80. The van der Waals surface area contributed by atoms with Crippen LogP contribution in [0.15, 0.2) is 43.7 Å². The Morgan fingerprint density at radius 1 is 0.737 bits per heavy atom. The molecule has 1 unspecified atom stereocenters. The molecule has 17 heteroatoms. The molecule has 4 rings (SSSR count). The fourth-order valence-corrected chi connectivity index (χ4v) is 22.9. The summed E-state index contributed by atoms with van der Waals surface area (Å²) in [6.07, 6.45) is 6.43. The van der Waals surface area contributed by atoms with Gasteiger partial charge < -0.3 is 0 Å². The summed E-state index contributed by atoms with van der Waals surface area (Å²) in [6.45, 7) is 0. The molecule has 1 fully saturated rings. The molecule has 0 aromatic rings. The second kappa shape index (κ2) is 17.0. The summed E-state index contributed by atoms with van der Waals surface area (Å²) in [7, 11) is 0. The Kier molecular flexibility index (Phi) is 15.6. The van der Waals surface area contributed by atoms with Gasteiger partial charge in [-0.15, -0.1) is 70.6 Å². The van der Waals surface area contributed by atoms with E-state index < -0.39 is 0 Å². The summed E-state index contributed by atoms with van der Waals surface area (Å²) in [5, 5.41) is 0. The second-order valence-electron chi connectivity index (χ2n) is 7.26. The third kappa shape index (κ3) is 8.82. The Hall–Kier alpha value is 3.97. The molecular formula is C21H24OS16. The predicted molar refractivity (Wildman–Crippen MR) is 215 cm³/mol. The van der Waals surface area contributed by atoms with Gasteiger partial charge >= 0.3 is 0 Å².